The second-order valence-corrected chi connectivity index (χ2v) is 6.97. The van der Waals surface area contributed by atoms with Crippen LogP contribution in [0.1, 0.15) is 0 Å². The summed E-state index contributed by atoms with van der Waals surface area (Å²) in [6.07, 6.45) is 1.84. The number of ether oxygens (including phenoxy) is 3. The molecule has 0 saturated carbocycles. The largest absolute Gasteiger partial charge is 0.493 e. The lowest BCUT2D eigenvalue weighted by molar-refractivity contribution is 0.122. The summed E-state index contributed by atoms with van der Waals surface area (Å²) in [6, 6.07) is 9.94. The van der Waals surface area contributed by atoms with E-state index in [1.807, 2.05) is 30.5 Å². The molecule has 0 aliphatic carbocycles. The Labute approximate surface area is 162 Å². The van der Waals surface area contributed by atoms with Crippen LogP contribution in [-0.2, 0) is 4.74 Å². The van der Waals surface area contributed by atoms with Crippen LogP contribution < -0.4 is 14.4 Å². The minimum absolute atomic E-state index is 0.697. The number of benzene rings is 1. The third kappa shape index (κ3) is 3.74. The van der Waals surface area contributed by atoms with Gasteiger partial charge in [-0.15, -0.1) is 11.3 Å². The monoisotopic (exact) mass is 383 g/mol. The predicted molar refractivity (Wildman–Crippen MR) is 107 cm³/mol. The number of nitrogens with zero attached hydrogens (tertiary/aromatic N) is 3. The second-order valence-electron chi connectivity index (χ2n) is 6.11. The van der Waals surface area contributed by atoms with Crippen LogP contribution in [0.3, 0.4) is 0 Å². The number of aromatic nitrogens is 2. The number of morpholine rings is 1. The minimum Gasteiger partial charge on any atom is -0.493 e. The highest BCUT2D eigenvalue weighted by Crippen LogP contribution is 2.35. The van der Waals surface area contributed by atoms with Crippen molar-refractivity contribution in [2.45, 2.75) is 0 Å². The highest BCUT2D eigenvalue weighted by Gasteiger charge is 2.15. The zero-order chi connectivity index (χ0) is 18.6. The highest BCUT2D eigenvalue weighted by atomic mass is 32.1. The van der Waals surface area contributed by atoms with Crippen molar-refractivity contribution in [2.24, 2.45) is 0 Å². The Hall–Kier alpha value is -2.64. The summed E-state index contributed by atoms with van der Waals surface area (Å²) in [5, 5.41) is 3.03. The van der Waals surface area contributed by atoms with E-state index in [0.29, 0.717) is 11.5 Å². The summed E-state index contributed by atoms with van der Waals surface area (Å²) in [5.41, 5.74) is 2.99. The molecule has 3 heterocycles. The van der Waals surface area contributed by atoms with Gasteiger partial charge in [-0.3, -0.25) is 0 Å². The molecule has 2 aromatic heterocycles. The molecule has 1 saturated heterocycles. The van der Waals surface area contributed by atoms with E-state index >= 15 is 0 Å². The Morgan fingerprint density at radius 3 is 2.59 bits per heavy atom. The van der Waals surface area contributed by atoms with Crippen LogP contribution in [0, 0.1) is 0 Å². The Balaban J connectivity index is 1.61. The van der Waals surface area contributed by atoms with Crippen molar-refractivity contribution in [1.82, 2.24) is 9.97 Å². The van der Waals surface area contributed by atoms with Crippen LogP contribution in [0.15, 0.2) is 41.9 Å². The van der Waals surface area contributed by atoms with Crippen LogP contribution >= 0.6 is 11.3 Å². The zero-order valence-electron chi connectivity index (χ0n) is 15.3. The number of pyridine rings is 1. The van der Waals surface area contributed by atoms with Crippen LogP contribution in [0.25, 0.3) is 21.8 Å². The van der Waals surface area contributed by atoms with E-state index in [-0.39, 0.29) is 0 Å². The summed E-state index contributed by atoms with van der Waals surface area (Å²) in [6.45, 7) is 3.22. The van der Waals surface area contributed by atoms with E-state index < -0.39 is 0 Å². The van der Waals surface area contributed by atoms with E-state index in [2.05, 4.69) is 21.3 Å². The number of rotatable bonds is 5. The zero-order valence-corrected chi connectivity index (χ0v) is 16.2. The van der Waals surface area contributed by atoms with Crippen LogP contribution in [0.5, 0.6) is 11.5 Å². The second kappa shape index (κ2) is 7.94. The van der Waals surface area contributed by atoms with Gasteiger partial charge in [0.25, 0.3) is 0 Å². The molecule has 0 amide bonds. The molecular formula is C20H21N3O3S. The first kappa shape index (κ1) is 17.8. The Morgan fingerprint density at radius 1 is 1.00 bits per heavy atom. The van der Waals surface area contributed by atoms with Gasteiger partial charge in [-0.05, 0) is 30.3 Å². The van der Waals surface area contributed by atoms with Crippen molar-refractivity contribution < 1.29 is 14.2 Å². The Morgan fingerprint density at radius 2 is 1.81 bits per heavy atom. The van der Waals surface area contributed by atoms with E-state index in [1.165, 1.54) is 0 Å². The van der Waals surface area contributed by atoms with Gasteiger partial charge in [0.2, 0.25) is 0 Å². The average molecular weight is 383 g/mol. The normalized spacial score (nSPS) is 14.2. The van der Waals surface area contributed by atoms with Crippen molar-refractivity contribution in [1.29, 1.82) is 0 Å². The van der Waals surface area contributed by atoms with Gasteiger partial charge in [0.15, 0.2) is 11.5 Å². The first-order chi connectivity index (χ1) is 13.3. The maximum absolute atomic E-state index is 5.42. The van der Waals surface area contributed by atoms with Gasteiger partial charge in [0.05, 0.1) is 33.1 Å². The van der Waals surface area contributed by atoms with Crippen molar-refractivity contribution in [2.75, 3.05) is 45.4 Å². The number of methoxy groups -OCH3 is 2. The fraction of sp³-hybridized carbons (Fsp3) is 0.300. The Bertz CT molecular complexity index is 922. The molecule has 0 N–H and O–H groups in total. The smallest absolute Gasteiger partial charge is 0.161 e. The van der Waals surface area contributed by atoms with Gasteiger partial charge in [0.1, 0.15) is 10.8 Å². The standard InChI is InChI=1S/C20H21N3O3S/c1-24-17-4-3-14(11-18(17)25-2)16-13-27-20(22-16)15-5-6-21-19(12-15)23-7-9-26-10-8-23/h3-6,11-13H,7-10H2,1-2H3. The maximum Gasteiger partial charge on any atom is 0.161 e. The molecule has 0 bridgehead atoms. The molecule has 1 aliphatic rings. The molecule has 6 nitrogen and oxygen atoms in total. The molecule has 3 aromatic rings. The molecule has 0 spiro atoms. The van der Waals surface area contributed by atoms with Crippen LogP contribution in [-0.4, -0.2) is 50.5 Å². The average Bonchev–Trinajstić information content (AvgIpc) is 3.24. The lowest BCUT2D eigenvalue weighted by Gasteiger charge is -2.27. The summed E-state index contributed by atoms with van der Waals surface area (Å²) in [5.74, 6) is 2.38. The molecule has 0 radical (unpaired) electrons. The first-order valence-electron chi connectivity index (χ1n) is 8.75. The summed E-state index contributed by atoms with van der Waals surface area (Å²) in [4.78, 5) is 11.6. The van der Waals surface area contributed by atoms with Gasteiger partial charge in [-0.2, -0.15) is 0 Å². The summed E-state index contributed by atoms with van der Waals surface area (Å²) in [7, 11) is 3.27. The van der Waals surface area contributed by atoms with Crippen LogP contribution in [0.2, 0.25) is 0 Å². The highest BCUT2D eigenvalue weighted by molar-refractivity contribution is 7.13. The molecule has 1 fully saturated rings. The third-order valence-corrected chi connectivity index (χ3v) is 5.40. The molecule has 1 aromatic carbocycles. The van der Waals surface area contributed by atoms with E-state index in [1.54, 1.807) is 25.6 Å². The summed E-state index contributed by atoms with van der Waals surface area (Å²) >= 11 is 1.62. The van der Waals surface area contributed by atoms with Crippen molar-refractivity contribution >= 4 is 17.2 Å². The molecule has 0 unspecified atom stereocenters. The van der Waals surface area contributed by atoms with Crippen molar-refractivity contribution in [3.05, 3.63) is 41.9 Å². The number of hydrogen-bond acceptors (Lipinski definition) is 7. The van der Waals surface area contributed by atoms with Gasteiger partial charge >= 0.3 is 0 Å². The quantitative estimate of drug-likeness (QED) is 0.669. The van der Waals surface area contributed by atoms with Gasteiger partial charge in [-0.25, -0.2) is 9.97 Å². The lowest BCUT2D eigenvalue weighted by atomic mass is 10.1. The Kier molecular flexibility index (Phi) is 5.22. The van der Waals surface area contributed by atoms with E-state index in [4.69, 9.17) is 19.2 Å². The maximum atomic E-state index is 5.42. The number of anilines is 1. The van der Waals surface area contributed by atoms with Gasteiger partial charge in [0, 0.05) is 35.8 Å². The molecule has 1 aliphatic heterocycles. The molecule has 140 valence electrons. The third-order valence-electron chi connectivity index (χ3n) is 4.51. The fourth-order valence-electron chi connectivity index (χ4n) is 3.05. The topological polar surface area (TPSA) is 56.7 Å². The molecular weight excluding hydrogens is 362 g/mol. The van der Waals surface area contributed by atoms with E-state index in [0.717, 1.165) is 53.9 Å². The fourth-order valence-corrected chi connectivity index (χ4v) is 3.88. The van der Waals surface area contributed by atoms with Crippen LogP contribution in [0.4, 0.5) is 5.82 Å². The molecule has 0 atom stereocenters. The predicted octanol–water partition coefficient (Wildman–Crippen LogP) is 3.73. The summed E-state index contributed by atoms with van der Waals surface area (Å²) < 4.78 is 16.1. The van der Waals surface area contributed by atoms with Gasteiger partial charge in [-0.1, -0.05) is 0 Å². The SMILES string of the molecule is COc1ccc(-c2csc(-c3ccnc(N4CCOCC4)c3)n2)cc1OC. The minimum atomic E-state index is 0.697. The molecule has 4 rings (SSSR count). The molecule has 27 heavy (non-hydrogen) atoms. The molecule has 7 heteroatoms. The van der Waals surface area contributed by atoms with Crippen molar-refractivity contribution in [3.63, 3.8) is 0 Å². The first-order valence-corrected chi connectivity index (χ1v) is 9.63. The number of thiazole rings is 1. The lowest BCUT2D eigenvalue weighted by Crippen LogP contribution is -2.36. The van der Waals surface area contributed by atoms with Crippen molar-refractivity contribution in [3.8, 4) is 33.3 Å². The van der Waals surface area contributed by atoms with E-state index in [9.17, 15) is 0 Å². The number of hydrogen-bond donors (Lipinski definition) is 0. The van der Waals surface area contributed by atoms with Gasteiger partial charge < -0.3 is 19.1 Å².